The van der Waals surface area contributed by atoms with Crippen LogP contribution in [0.1, 0.15) is 17.3 Å². The first-order valence-electron chi connectivity index (χ1n) is 5.14. The Hall–Kier alpha value is -2.75. The van der Waals surface area contributed by atoms with Gasteiger partial charge in [-0.05, 0) is 6.92 Å². The number of anilines is 1. The lowest BCUT2D eigenvalue weighted by Gasteiger charge is -2.07. The van der Waals surface area contributed by atoms with Crippen molar-refractivity contribution >= 4 is 23.0 Å². The number of amides is 1. The van der Waals surface area contributed by atoms with Gasteiger partial charge in [-0.3, -0.25) is 30.4 Å². The predicted octanol–water partition coefficient (Wildman–Crippen LogP) is 0.538. The molecule has 0 aliphatic rings. The molecule has 10 nitrogen and oxygen atoms in total. The largest absolute Gasteiger partial charge is 0.374 e. The van der Waals surface area contributed by atoms with Crippen molar-refractivity contribution in [3.63, 3.8) is 0 Å². The Morgan fingerprint density at radius 3 is 2.05 bits per heavy atom. The maximum atomic E-state index is 11.3. The Morgan fingerprint density at radius 1 is 1.26 bits per heavy atom. The Kier molecular flexibility index (Phi) is 4.32. The molecule has 0 atom stereocenters. The van der Waals surface area contributed by atoms with Crippen LogP contribution in [0.5, 0.6) is 0 Å². The number of nitrogens with two attached hydrogens (primary N) is 1. The Bertz CT molecular complexity index is 509. The van der Waals surface area contributed by atoms with Crippen LogP contribution in [-0.4, -0.2) is 22.3 Å². The van der Waals surface area contributed by atoms with Crippen molar-refractivity contribution in [2.75, 3.05) is 11.9 Å². The SMILES string of the molecule is CCNc1c([N+](=O)[O-])cc(C(=O)NN)cc1[N+](=O)[O-]. The number of hydrogen-bond acceptors (Lipinski definition) is 7. The van der Waals surface area contributed by atoms with Gasteiger partial charge >= 0.3 is 0 Å². The van der Waals surface area contributed by atoms with E-state index in [1.165, 1.54) is 0 Å². The van der Waals surface area contributed by atoms with Crippen molar-refractivity contribution in [1.29, 1.82) is 0 Å². The Morgan fingerprint density at radius 2 is 1.74 bits per heavy atom. The van der Waals surface area contributed by atoms with Crippen LogP contribution in [0.25, 0.3) is 0 Å². The number of nitrogen functional groups attached to an aromatic ring is 1. The lowest BCUT2D eigenvalue weighted by molar-refractivity contribution is -0.392. The van der Waals surface area contributed by atoms with Gasteiger partial charge in [0.2, 0.25) is 0 Å². The summed E-state index contributed by atoms with van der Waals surface area (Å²) >= 11 is 0. The number of carbonyl (C=O) groups excluding carboxylic acids is 1. The van der Waals surface area contributed by atoms with Gasteiger partial charge in [-0.1, -0.05) is 0 Å². The van der Waals surface area contributed by atoms with Crippen molar-refractivity contribution in [3.8, 4) is 0 Å². The van der Waals surface area contributed by atoms with Gasteiger partial charge in [0.05, 0.1) is 15.4 Å². The molecule has 10 heteroatoms. The topological polar surface area (TPSA) is 153 Å². The molecular weight excluding hydrogens is 258 g/mol. The minimum Gasteiger partial charge on any atom is -0.374 e. The molecule has 1 amide bonds. The van der Waals surface area contributed by atoms with E-state index in [4.69, 9.17) is 5.84 Å². The number of carbonyl (C=O) groups is 1. The second-order valence-electron chi connectivity index (χ2n) is 3.41. The van der Waals surface area contributed by atoms with Crippen LogP contribution in [-0.2, 0) is 0 Å². The Balaban J connectivity index is 3.57. The van der Waals surface area contributed by atoms with E-state index in [0.717, 1.165) is 12.1 Å². The van der Waals surface area contributed by atoms with Gasteiger partial charge in [0.1, 0.15) is 0 Å². The van der Waals surface area contributed by atoms with Crippen molar-refractivity contribution in [3.05, 3.63) is 37.9 Å². The average molecular weight is 269 g/mol. The van der Waals surface area contributed by atoms with Gasteiger partial charge in [-0.25, -0.2) is 5.84 Å². The summed E-state index contributed by atoms with van der Waals surface area (Å²) in [6.07, 6.45) is 0. The van der Waals surface area contributed by atoms with E-state index in [0.29, 0.717) is 0 Å². The molecule has 102 valence electrons. The van der Waals surface area contributed by atoms with Gasteiger partial charge in [-0.15, -0.1) is 0 Å². The number of nitro groups is 2. The van der Waals surface area contributed by atoms with E-state index in [9.17, 15) is 25.0 Å². The van der Waals surface area contributed by atoms with Crippen LogP contribution >= 0.6 is 0 Å². The molecule has 1 rings (SSSR count). The number of benzene rings is 1. The fourth-order valence-electron chi connectivity index (χ4n) is 1.47. The van der Waals surface area contributed by atoms with Gasteiger partial charge < -0.3 is 5.32 Å². The zero-order chi connectivity index (χ0) is 14.6. The molecule has 0 unspecified atom stereocenters. The Labute approximate surface area is 106 Å². The van der Waals surface area contributed by atoms with Gasteiger partial charge in [0, 0.05) is 18.7 Å². The quantitative estimate of drug-likeness (QED) is 0.305. The summed E-state index contributed by atoms with van der Waals surface area (Å²) in [6, 6.07) is 1.85. The number of nitrogens with one attached hydrogen (secondary N) is 2. The molecule has 1 aromatic rings. The van der Waals surface area contributed by atoms with E-state index in [2.05, 4.69) is 5.32 Å². The maximum absolute atomic E-state index is 11.3. The summed E-state index contributed by atoms with van der Waals surface area (Å²) < 4.78 is 0. The van der Waals surface area contributed by atoms with Crippen molar-refractivity contribution in [1.82, 2.24) is 5.43 Å². The van der Waals surface area contributed by atoms with Crippen molar-refractivity contribution in [2.24, 2.45) is 5.84 Å². The second kappa shape index (κ2) is 5.73. The summed E-state index contributed by atoms with van der Waals surface area (Å²) in [7, 11) is 0. The highest BCUT2D eigenvalue weighted by molar-refractivity contribution is 5.97. The number of rotatable bonds is 5. The monoisotopic (exact) mass is 269 g/mol. The summed E-state index contributed by atoms with van der Waals surface area (Å²) in [4.78, 5) is 31.5. The molecule has 0 aliphatic heterocycles. The molecule has 0 radical (unpaired) electrons. The van der Waals surface area contributed by atoms with E-state index < -0.39 is 27.1 Å². The number of nitrogens with zero attached hydrogens (tertiary/aromatic N) is 2. The lowest BCUT2D eigenvalue weighted by atomic mass is 10.1. The van der Waals surface area contributed by atoms with Crippen LogP contribution < -0.4 is 16.6 Å². The molecule has 0 heterocycles. The smallest absolute Gasteiger partial charge is 0.300 e. The van der Waals surface area contributed by atoms with E-state index >= 15 is 0 Å². The summed E-state index contributed by atoms with van der Waals surface area (Å²) in [5.74, 6) is 4.05. The van der Waals surface area contributed by atoms with Crippen LogP contribution in [0.4, 0.5) is 17.1 Å². The first-order chi connectivity index (χ1) is 8.92. The van der Waals surface area contributed by atoms with Gasteiger partial charge in [-0.2, -0.15) is 0 Å². The second-order valence-corrected chi connectivity index (χ2v) is 3.41. The number of hydrazine groups is 1. The third kappa shape index (κ3) is 2.93. The van der Waals surface area contributed by atoms with Gasteiger partial charge in [0.15, 0.2) is 5.69 Å². The van der Waals surface area contributed by atoms with E-state index in [1.807, 2.05) is 0 Å². The summed E-state index contributed by atoms with van der Waals surface area (Å²) in [5, 5.41) is 24.4. The third-order valence-corrected chi connectivity index (χ3v) is 2.24. The zero-order valence-corrected chi connectivity index (χ0v) is 9.87. The molecule has 1 aromatic carbocycles. The van der Waals surface area contributed by atoms with Crippen LogP contribution in [0.3, 0.4) is 0 Å². The van der Waals surface area contributed by atoms with E-state index in [-0.39, 0.29) is 17.8 Å². The summed E-state index contributed by atoms with van der Waals surface area (Å²) in [6.45, 7) is 1.89. The maximum Gasteiger partial charge on any atom is 0.300 e. The molecule has 0 saturated carbocycles. The van der Waals surface area contributed by atoms with Crippen molar-refractivity contribution in [2.45, 2.75) is 6.92 Å². The predicted molar refractivity (Wildman–Crippen MR) is 65.6 cm³/mol. The van der Waals surface area contributed by atoms with Crippen LogP contribution in [0.15, 0.2) is 12.1 Å². The highest BCUT2D eigenvalue weighted by Gasteiger charge is 2.27. The molecule has 0 spiro atoms. The zero-order valence-electron chi connectivity index (χ0n) is 9.87. The minimum absolute atomic E-state index is 0.244. The molecule has 4 N–H and O–H groups in total. The standard InChI is InChI=1S/C9H11N5O5/c1-2-11-8-6(13(16)17)3-5(9(15)12-10)4-7(8)14(18)19/h3-4,11H,2,10H2,1H3,(H,12,15). The van der Waals surface area contributed by atoms with Crippen LogP contribution in [0, 0.1) is 20.2 Å². The minimum atomic E-state index is -0.853. The number of nitro benzene ring substituents is 2. The highest BCUT2D eigenvalue weighted by Crippen LogP contribution is 2.35. The third-order valence-electron chi connectivity index (χ3n) is 2.24. The molecule has 19 heavy (non-hydrogen) atoms. The lowest BCUT2D eigenvalue weighted by Crippen LogP contribution is -2.30. The molecule has 0 fully saturated rings. The first kappa shape index (κ1) is 14.3. The average Bonchev–Trinajstić information content (AvgIpc) is 2.37. The molecule has 0 bridgehead atoms. The fourth-order valence-corrected chi connectivity index (χ4v) is 1.47. The highest BCUT2D eigenvalue weighted by atomic mass is 16.6. The molecule has 0 saturated heterocycles. The summed E-state index contributed by atoms with van der Waals surface area (Å²) in [5.41, 5.74) is 0.134. The molecule has 0 aliphatic carbocycles. The van der Waals surface area contributed by atoms with E-state index in [1.54, 1.807) is 12.3 Å². The van der Waals surface area contributed by atoms with Gasteiger partial charge in [0.25, 0.3) is 17.3 Å². The number of hydrogen-bond donors (Lipinski definition) is 3. The van der Waals surface area contributed by atoms with Crippen LogP contribution in [0.2, 0.25) is 0 Å². The fraction of sp³-hybridized carbons (Fsp3) is 0.222. The molecular formula is C9H11N5O5. The first-order valence-corrected chi connectivity index (χ1v) is 5.14. The van der Waals surface area contributed by atoms with Crippen molar-refractivity contribution < 1.29 is 14.6 Å². The molecule has 0 aromatic heterocycles. The normalized spacial score (nSPS) is 9.79.